The minimum Gasteiger partial charge on any atom is -0.345 e. The van der Waals surface area contributed by atoms with Crippen molar-refractivity contribution < 1.29 is 13.2 Å². The number of hydrogen-bond donors (Lipinski definition) is 2. The minimum absolute atomic E-state index is 0.155. The van der Waals surface area contributed by atoms with Crippen molar-refractivity contribution in [3.8, 4) is 11.8 Å². The van der Waals surface area contributed by atoms with Crippen molar-refractivity contribution in [3.63, 3.8) is 0 Å². The maximum absolute atomic E-state index is 11.9. The average molecular weight is 375 g/mol. The highest BCUT2D eigenvalue weighted by molar-refractivity contribution is 7.92. The maximum Gasteiger partial charge on any atom is 0.229 e. The second-order valence-corrected chi connectivity index (χ2v) is 8.89. The van der Waals surface area contributed by atoms with Crippen LogP contribution >= 0.6 is 23.2 Å². The first-order valence-electron chi connectivity index (χ1n) is 6.76. The Hall–Kier alpha value is -1.42. The van der Waals surface area contributed by atoms with E-state index >= 15 is 0 Å². The maximum atomic E-state index is 11.9. The number of nitrogens with one attached hydrogen (secondary N) is 2. The van der Waals surface area contributed by atoms with Gasteiger partial charge in [0.25, 0.3) is 0 Å². The molecule has 0 radical (unpaired) electrons. The van der Waals surface area contributed by atoms with Gasteiger partial charge in [-0.2, -0.15) is 0 Å². The van der Waals surface area contributed by atoms with Gasteiger partial charge in [0.1, 0.15) is 4.33 Å². The van der Waals surface area contributed by atoms with Gasteiger partial charge in [-0.15, -0.1) is 23.2 Å². The molecule has 0 unspecified atom stereocenters. The van der Waals surface area contributed by atoms with E-state index in [4.69, 9.17) is 23.2 Å². The fourth-order valence-electron chi connectivity index (χ4n) is 1.99. The molecule has 8 heteroatoms. The summed E-state index contributed by atoms with van der Waals surface area (Å²) in [6.45, 7) is 1.86. The molecular formula is C15H16Cl2N2O3S. The van der Waals surface area contributed by atoms with Gasteiger partial charge in [-0.1, -0.05) is 17.9 Å². The fourth-order valence-corrected chi connectivity index (χ4v) is 3.25. The van der Waals surface area contributed by atoms with Crippen LogP contribution < -0.4 is 10.0 Å². The molecule has 1 fully saturated rings. The van der Waals surface area contributed by atoms with E-state index in [1.807, 2.05) is 0 Å². The van der Waals surface area contributed by atoms with E-state index in [1.165, 1.54) is 0 Å². The van der Waals surface area contributed by atoms with Crippen LogP contribution in [0.1, 0.15) is 18.9 Å². The predicted molar refractivity (Wildman–Crippen MR) is 92.0 cm³/mol. The van der Waals surface area contributed by atoms with Crippen LogP contribution in [-0.2, 0) is 14.8 Å². The second-order valence-electron chi connectivity index (χ2n) is 5.65. The molecule has 0 spiro atoms. The number of rotatable bonds is 4. The van der Waals surface area contributed by atoms with Gasteiger partial charge in [-0.05, 0) is 31.5 Å². The van der Waals surface area contributed by atoms with Gasteiger partial charge in [0.2, 0.25) is 15.9 Å². The van der Waals surface area contributed by atoms with Crippen LogP contribution in [0, 0.1) is 17.3 Å². The number of carbonyl (C=O) groups is 1. The highest BCUT2D eigenvalue weighted by Crippen LogP contribution is 2.63. The van der Waals surface area contributed by atoms with Gasteiger partial charge in [0, 0.05) is 11.3 Å². The Balaban J connectivity index is 1.93. The van der Waals surface area contributed by atoms with E-state index in [2.05, 4.69) is 21.9 Å². The predicted octanol–water partition coefficient (Wildman–Crippen LogP) is 2.11. The molecule has 1 aromatic carbocycles. The summed E-state index contributed by atoms with van der Waals surface area (Å²) >= 11 is 11.9. The first kappa shape index (κ1) is 17.9. The first-order chi connectivity index (χ1) is 10.5. The van der Waals surface area contributed by atoms with Crippen molar-refractivity contribution in [2.75, 3.05) is 17.5 Å². The molecule has 1 aliphatic carbocycles. The number of sulfonamides is 1. The van der Waals surface area contributed by atoms with Crippen LogP contribution in [0.4, 0.5) is 5.69 Å². The summed E-state index contributed by atoms with van der Waals surface area (Å²) in [7, 11) is -3.33. The van der Waals surface area contributed by atoms with Crippen molar-refractivity contribution >= 4 is 44.8 Å². The highest BCUT2D eigenvalue weighted by Gasteiger charge is 2.67. The molecular weight excluding hydrogens is 359 g/mol. The quantitative estimate of drug-likeness (QED) is 0.625. The summed E-state index contributed by atoms with van der Waals surface area (Å²) in [4.78, 5) is 11.9. The van der Waals surface area contributed by atoms with E-state index < -0.39 is 19.8 Å². The Morgan fingerprint density at radius 1 is 1.39 bits per heavy atom. The normalized spacial score (nSPS) is 21.7. The summed E-state index contributed by atoms with van der Waals surface area (Å²) in [6, 6.07) is 6.67. The van der Waals surface area contributed by atoms with Crippen molar-refractivity contribution in [1.29, 1.82) is 0 Å². The molecule has 1 saturated carbocycles. The number of anilines is 1. The topological polar surface area (TPSA) is 75.3 Å². The summed E-state index contributed by atoms with van der Waals surface area (Å²) in [5, 5.41) is 2.67. The van der Waals surface area contributed by atoms with E-state index in [-0.39, 0.29) is 12.5 Å². The van der Waals surface area contributed by atoms with Crippen molar-refractivity contribution in [1.82, 2.24) is 5.32 Å². The molecule has 2 N–H and O–H groups in total. The summed E-state index contributed by atoms with van der Waals surface area (Å²) in [5.74, 6) is 5.43. The van der Waals surface area contributed by atoms with E-state index in [0.29, 0.717) is 17.7 Å². The van der Waals surface area contributed by atoms with Gasteiger partial charge in [0.05, 0.1) is 18.2 Å². The van der Waals surface area contributed by atoms with Crippen LogP contribution in [0.5, 0.6) is 0 Å². The van der Waals surface area contributed by atoms with Crippen LogP contribution in [0.25, 0.3) is 0 Å². The molecule has 0 aliphatic heterocycles. The van der Waals surface area contributed by atoms with Gasteiger partial charge < -0.3 is 5.32 Å². The van der Waals surface area contributed by atoms with Gasteiger partial charge in [0.15, 0.2) is 0 Å². The Bertz CT molecular complexity index is 796. The molecule has 23 heavy (non-hydrogen) atoms. The van der Waals surface area contributed by atoms with Gasteiger partial charge in [-0.3, -0.25) is 9.52 Å². The first-order valence-corrected chi connectivity index (χ1v) is 9.41. The van der Waals surface area contributed by atoms with E-state index in [1.54, 1.807) is 31.2 Å². The largest absolute Gasteiger partial charge is 0.345 e. The molecule has 0 bridgehead atoms. The lowest BCUT2D eigenvalue weighted by molar-refractivity contribution is -0.125. The lowest BCUT2D eigenvalue weighted by Gasteiger charge is -2.10. The monoisotopic (exact) mass is 374 g/mol. The Kier molecular flexibility index (Phi) is 4.86. The number of alkyl halides is 2. The summed E-state index contributed by atoms with van der Waals surface area (Å²) in [5.41, 5.74) is 0.300. The molecule has 1 aliphatic rings. The number of carbonyl (C=O) groups excluding carboxylic acids is 1. The van der Waals surface area contributed by atoms with E-state index in [9.17, 15) is 13.2 Å². The molecule has 0 saturated heterocycles. The highest BCUT2D eigenvalue weighted by atomic mass is 35.5. The van der Waals surface area contributed by atoms with E-state index in [0.717, 1.165) is 6.26 Å². The average Bonchev–Trinajstić information content (AvgIpc) is 2.93. The van der Waals surface area contributed by atoms with Crippen LogP contribution in [0.2, 0.25) is 0 Å². The third-order valence-electron chi connectivity index (χ3n) is 3.49. The molecule has 1 atom stereocenters. The standard InChI is InChI=1S/C15H16Cl2N2O3S/c1-14(10-15(14,16)17)13(20)18-8-4-6-11-5-3-7-12(9-11)19-23(2,21)22/h3,5,7,9,19H,8,10H2,1-2H3,(H,18,20)/t14-/m0/s1. The second kappa shape index (κ2) is 6.23. The van der Waals surface area contributed by atoms with Crippen molar-refractivity contribution in [2.24, 2.45) is 5.41 Å². The Labute approximate surface area is 145 Å². The zero-order valence-electron chi connectivity index (χ0n) is 12.6. The third kappa shape index (κ3) is 4.54. The van der Waals surface area contributed by atoms with Crippen LogP contribution in [0.3, 0.4) is 0 Å². The minimum atomic E-state index is -3.33. The zero-order valence-corrected chi connectivity index (χ0v) is 14.9. The molecule has 1 aromatic rings. The lowest BCUT2D eigenvalue weighted by Crippen LogP contribution is -2.33. The number of benzene rings is 1. The SMILES string of the molecule is C[C@@]1(C(=O)NCC#Cc2cccc(NS(C)(=O)=O)c2)CC1(Cl)Cl. The van der Waals surface area contributed by atoms with Gasteiger partial charge >= 0.3 is 0 Å². The third-order valence-corrected chi connectivity index (χ3v) is 5.20. The van der Waals surface area contributed by atoms with Crippen molar-refractivity contribution in [3.05, 3.63) is 29.8 Å². The number of halogens is 2. The van der Waals surface area contributed by atoms with Crippen molar-refractivity contribution in [2.45, 2.75) is 17.7 Å². The molecule has 5 nitrogen and oxygen atoms in total. The summed E-state index contributed by atoms with van der Waals surface area (Å²) < 4.78 is 23.7. The summed E-state index contributed by atoms with van der Waals surface area (Å²) in [6.07, 6.45) is 1.49. The van der Waals surface area contributed by atoms with Crippen LogP contribution in [0.15, 0.2) is 24.3 Å². The van der Waals surface area contributed by atoms with Crippen LogP contribution in [-0.4, -0.2) is 31.5 Å². The number of amides is 1. The zero-order chi connectivity index (χ0) is 17.3. The smallest absolute Gasteiger partial charge is 0.229 e. The molecule has 0 aromatic heterocycles. The lowest BCUT2D eigenvalue weighted by atomic mass is 10.1. The number of hydrogen-bond acceptors (Lipinski definition) is 3. The molecule has 2 rings (SSSR count). The Morgan fingerprint density at radius 3 is 2.61 bits per heavy atom. The molecule has 1 amide bonds. The molecule has 0 heterocycles. The molecule has 124 valence electrons. The fraction of sp³-hybridized carbons (Fsp3) is 0.400. The Morgan fingerprint density at radius 2 is 2.04 bits per heavy atom. The van der Waals surface area contributed by atoms with Gasteiger partial charge in [-0.25, -0.2) is 8.42 Å².